The van der Waals surface area contributed by atoms with E-state index < -0.39 is 12.6 Å². The van der Waals surface area contributed by atoms with Crippen LogP contribution in [-0.4, -0.2) is 37.5 Å². The van der Waals surface area contributed by atoms with Gasteiger partial charge in [0.05, 0.1) is 18.2 Å². The zero-order valence-corrected chi connectivity index (χ0v) is 18.9. The molecule has 1 aliphatic heterocycles. The summed E-state index contributed by atoms with van der Waals surface area (Å²) in [5.74, 6) is -0.561. The Morgan fingerprint density at radius 2 is 1.76 bits per heavy atom. The highest BCUT2D eigenvalue weighted by molar-refractivity contribution is 5.98. The zero-order chi connectivity index (χ0) is 23.9. The molecule has 7 nitrogen and oxygen atoms in total. The number of hydrogen-bond donors (Lipinski definition) is 1. The lowest BCUT2D eigenvalue weighted by atomic mass is 10.0. The van der Waals surface area contributed by atoms with Crippen LogP contribution in [0.25, 0.3) is 0 Å². The Balaban J connectivity index is 1.35. The molecule has 7 heteroatoms. The average molecular weight is 459 g/mol. The highest BCUT2D eigenvalue weighted by Gasteiger charge is 2.33. The largest absolute Gasteiger partial charge is 0.489 e. The molecule has 0 aliphatic carbocycles. The Morgan fingerprint density at radius 1 is 1.00 bits per heavy atom. The third-order valence-corrected chi connectivity index (χ3v) is 5.54. The molecule has 4 rings (SSSR count). The van der Waals surface area contributed by atoms with Crippen molar-refractivity contribution >= 4 is 23.5 Å². The number of benzene rings is 3. The molecule has 0 saturated carbocycles. The number of nitrogens with one attached hydrogen (secondary N) is 1. The van der Waals surface area contributed by atoms with E-state index in [0.29, 0.717) is 23.6 Å². The first-order valence-electron chi connectivity index (χ1n) is 11.1. The summed E-state index contributed by atoms with van der Waals surface area (Å²) in [4.78, 5) is 39.2. The predicted octanol–water partition coefficient (Wildman–Crippen LogP) is 3.83. The van der Waals surface area contributed by atoms with E-state index in [0.717, 1.165) is 11.1 Å². The number of rotatable bonds is 7. The first-order valence-corrected chi connectivity index (χ1v) is 11.1. The lowest BCUT2D eigenvalue weighted by Gasteiger charge is -2.37. The SMILES string of the molecule is Cc1cccc(C(=O)NCCC(=O)OCC(=O)N2c3ccccc3OC[C@@H]2c2ccccc2)c1. The van der Waals surface area contributed by atoms with Gasteiger partial charge in [-0.05, 0) is 36.8 Å². The number of anilines is 1. The zero-order valence-electron chi connectivity index (χ0n) is 18.9. The Hall–Kier alpha value is -4.13. The van der Waals surface area contributed by atoms with Gasteiger partial charge >= 0.3 is 5.97 Å². The number of carbonyl (C=O) groups excluding carboxylic acids is 3. The standard InChI is InChI=1S/C27H26N2O5/c1-19-8-7-11-21(16-19)27(32)28-15-14-26(31)34-18-25(30)29-22-12-5-6-13-24(22)33-17-23(29)20-9-3-2-4-10-20/h2-13,16,23H,14-15,17-18H2,1H3,(H,28,32)/t23-/m1/s1. The van der Waals surface area contributed by atoms with Crippen LogP contribution < -0.4 is 15.0 Å². The molecule has 1 atom stereocenters. The Labute approximate surface area is 198 Å². The van der Waals surface area contributed by atoms with Crippen LogP contribution in [0.5, 0.6) is 5.75 Å². The van der Waals surface area contributed by atoms with Crippen molar-refractivity contribution < 1.29 is 23.9 Å². The van der Waals surface area contributed by atoms with Gasteiger partial charge in [0.25, 0.3) is 11.8 Å². The molecular weight excluding hydrogens is 432 g/mol. The van der Waals surface area contributed by atoms with E-state index in [1.54, 1.807) is 29.2 Å². The molecule has 0 saturated heterocycles. The van der Waals surface area contributed by atoms with Gasteiger partial charge in [-0.2, -0.15) is 0 Å². The maximum absolute atomic E-state index is 13.2. The molecule has 1 heterocycles. The minimum atomic E-state index is -0.560. The monoisotopic (exact) mass is 458 g/mol. The molecule has 0 aromatic heterocycles. The summed E-state index contributed by atoms with van der Waals surface area (Å²) in [7, 11) is 0. The predicted molar refractivity (Wildman–Crippen MR) is 128 cm³/mol. The van der Waals surface area contributed by atoms with Gasteiger partial charge in [-0.25, -0.2) is 0 Å². The molecule has 174 valence electrons. The van der Waals surface area contributed by atoms with Crippen molar-refractivity contribution in [1.29, 1.82) is 0 Å². The third-order valence-electron chi connectivity index (χ3n) is 5.54. The molecule has 3 aromatic carbocycles. The number of carbonyl (C=O) groups is 3. The summed E-state index contributed by atoms with van der Waals surface area (Å²) in [6, 6.07) is 23.7. The number of hydrogen-bond acceptors (Lipinski definition) is 5. The second-order valence-electron chi connectivity index (χ2n) is 8.01. The van der Waals surface area contributed by atoms with Crippen molar-refractivity contribution in [3.63, 3.8) is 0 Å². The summed E-state index contributed by atoms with van der Waals surface area (Å²) in [6.07, 6.45) is -0.0351. The van der Waals surface area contributed by atoms with Crippen LogP contribution in [0.2, 0.25) is 0 Å². The Bertz CT molecular complexity index is 1180. The molecule has 0 bridgehead atoms. The molecule has 0 unspecified atom stereocenters. The van der Waals surface area contributed by atoms with E-state index in [2.05, 4.69) is 5.32 Å². The second-order valence-corrected chi connectivity index (χ2v) is 8.01. The molecule has 0 fully saturated rings. The molecule has 2 amide bonds. The average Bonchev–Trinajstić information content (AvgIpc) is 2.87. The summed E-state index contributed by atoms with van der Waals surface area (Å²) in [6.45, 7) is 1.92. The topological polar surface area (TPSA) is 84.9 Å². The summed E-state index contributed by atoms with van der Waals surface area (Å²) in [5.41, 5.74) is 3.06. The van der Waals surface area contributed by atoms with Crippen LogP contribution in [-0.2, 0) is 14.3 Å². The smallest absolute Gasteiger partial charge is 0.308 e. The van der Waals surface area contributed by atoms with E-state index in [1.807, 2.05) is 61.5 Å². The summed E-state index contributed by atoms with van der Waals surface area (Å²) in [5, 5.41) is 2.70. The highest BCUT2D eigenvalue weighted by atomic mass is 16.5. The summed E-state index contributed by atoms with van der Waals surface area (Å²) >= 11 is 0. The van der Waals surface area contributed by atoms with Gasteiger partial charge in [0.2, 0.25) is 0 Å². The van der Waals surface area contributed by atoms with Crippen LogP contribution in [0, 0.1) is 6.92 Å². The van der Waals surface area contributed by atoms with Crippen molar-refractivity contribution in [3.05, 3.63) is 95.6 Å². The van der Waals surface area contributed by atoms with Gasteiger partial charge in [0.15, 0.2) is 6.61 Å². The van der Waals surface area contributed by atoms with E-state index in [-0.39, 0.29) is 30.8 Å². The minimum Gasteiger partial charge on any atom is -0.489 e. The fourth-order valence-electron chi connectivity index (χ4n) is 3.87. The summed E-state index contributed by atoms with van der Waals surface area (Å²) < 4.78 is 11.1. The minimum absolute atomic E-state index is 0.0351. The van der Waals surface area contributed by atoms with Crippen LogP contribution in [0.3, 0.4) is 0 Å². The van der Waals surface area contributed by atoms with Gasteiger partial charge < -0.3 is 14.8 Å². The van der Waals surface area contributed by atoms with Crippen molar-refractivity contribution in [2.45, 2.75) is 19.4 Å². The van der Waals surface area contributed by atoms with Crippen molar-refractivity contribution in [1.82, 2.24) is 5.32 Å². The number of para-hydroxylation sites is 2. The number of ether oxygens (including phenoxy) is 2. The number of nitrogens with zero attached hydrogens (tertiary/aromatic N) is 1. The number of fused-ring (bicyclic) bond motifs is 1. The van der Waals surface area contributed by atoms with E-state index in [9.17, 15) is 14.4 Å². The molecular formula is C27H26N2O5. The Kier molecular flexibility index (Phi) is 7.22. The van der Waals surface area contributed by atoms with E-state index in [4.69, 9.17) is 9.47 Å². The van der Waals surface area contributed by atoms with Gasteiger partial charge in [0, 0.05) is 12.1 Å². The Morgan fingerprint density at radius 3 is 2.56 bits per heavy atom. The van der Waals surface area contributed by atoms with Crippen molar-refractivity contribution in [2.75, 3.05) is 24.7 Å². The number of esters is 1. The van der Waals surface area contributed by atoms with E-state index >= 15 is 0 Å². The molecule has 3 aromatic rings. The van der Waals surface area contributed by atoms with Crippen LogP contribution in [0.15, 0.2) is 78.9 Å². The number of amides is 2. The first kappa shape index (κ1) is 23.0. The van der Waals surface area contributed by atoms with Gasteiger partial charge in [-0.1, -0.05) is 60.2 Å². The van der Waals surface area contributed by atoms with Crippen molar-refractivity contribution in [2.24, 2.45) is 0 Å². The molecule has 0 spiro atoms. The third kappa shape index (κ3) is 5.43. The highest BCUT2D eigenvalue weighted by Crippen LogP contribution is 2.39. The molecule has 34 heavy (non-hydrogen) atoms. The van der Waals surface area contributed by atoms with Gasteiger partial charge in [0.1, 0.15) is 12.4 Å². The van der Waals surface area contributed by atoms with Crippen molar-refractivity contribution in [3.8, 4) is 5.75 Å². The van der Waals surface area contributed by atoms with Crippen LogP contribution >= 0.6 is 0 Å². The fraction of sp³-hybridized carbons (Fsp3) is 0.222. The first-order chi connectivity index (χ1) is 16.5. The van der Waals surface area contributed by atoms with Gasteiger partial charge in [-0.3, -0.25) is 19.3 Å². The molecule has 0 radical (unpaired) electrons. The van der Waals surface area contributed by atoms with Gasteiger partial charge in [-0.15, -0.1) is 0 Å². The lowest BCUT2D eigenvalue weighted by Crippen LogP contribution is -2.43. The fourth-order valence-corrected chi connectivity index (χ4v) is 3.87. The van der Waals surface area contributed by atoms with Crippen LogP contribution in [0.1, 0.15) is 33.9 Å². The molecule has 1 aliphatic rings. The van der Waals surface area contributed by atoms with E-state index in [1.165, 1.54) is 0 Å². The number of aryl methyl sites for hydroxylation is 1. The van der Waals surface area contributed by atoms with Crippen LogP contribution in [0.4, 0.5) is 5.69 Å². The lowest BCUT2D eigenvalue weighted by molar-refractivity contribution is -0.147. The normalized spacial score (nSPS) is 14.5. The maximum Gasteiger partial charge on any atom is 0.308 e. The quantitative estimate of drug-likeness (QED) is 0.544. The molecule has 1 N–H and O–H groups in total. The maximum atomic E-state index is 13.2. The second kappa shape index (κ2) is 10.7.